The Kier molecular flexibility index (Phi) is 4.35. The summed E-state index contributed by atoms with van der Waals surface area (Å²) in [7, 11) is 0. The Bertz CT molecular complexity index is 289. The molecule has 0 saturated heterocycles. The van der Waals surface area contributed by atoms with E-state index in [0.717, 1.165) is 0 Å². The molecule has 0 fully saturated rings. The van der Waals surface area contributed by atoms with Crippen LogP contribution in [0.4, 0.5) is 4.39 Å². The molecule has 0 aliphatic rings. The smallest absolute Gasteiger partial charge is 0.189 e. The van der Waals surface area contributed by atoms with Gasteiger partial charge in [0.1, 0.15) is 6.67 Å². The van der Waals surface area contributed by atoms with Gasteiger partial charge in [-0.3, -0.25) is 4.18 Å². The fourth-order valence-electron chi connectivity index (χ4n) is 0.721. The summed E-state index contributed by atoms with van der Waals surface area (Å²) < 4.78 is 27.5. The second-order valence-electron chi connectivity index (χ2n) is 2.20. The first kappa shape index (κ1) is 10.6. The Hall–Kier alpha value is -0.450. The first-order valence-electron chi connectivity index (χ1n) is 3.60. The first-order valence-corrected chi connectivity index (χ1v) is 5.06. The SMILES string of the molecule is O=S(OCCF)c1ccc(Cl)cc1. The molecule has 1 aromatic rings. The molecule has 13 heavy (non-hydrogen) atoms. The highest BCUT2D eigenvalue weighted by molar-refractivity contribution is 7.80. The fourth-order valence-corrected chi connectivity index (χ4v) is 1.56. The van der Waals surface area contributed by atoms with Gasteiger partial charge in [0.2, 0.25) is 0 Å². The molecule has 0 radical (unpaired) electrons. The van der Waals surface area contributed by atoms with Gasteiger partial charge in [0.25, 0.3) is 0 Å². The van der Waals surface area contributed by atoms with Gasteiger partial charge < -0.3 is 0 Å². The van der Waals surface area contributed by atoms with Crippen molar-refractivity contribution >= 4 is 22.7 Å². The molecule has 1 atom stereocenters. The molecular weight excluding hydrogens is 215 g/mol. The van der Waals surface area contributed by atoms with E-state index in [1.807, 2.05) is 0 Å². The summed E-state index contributed by atoms with van der Waals surface area (Å²) in [6.07, 6.45) is 0. The largest absolute Gasteiger partial charge is 0.284 e. The number of benzene rings is 1. The van der Waals surface area contributed by atoms with Crippen molar-refractivity contribution in [1.29, 1.82) is 0 Å². The maximum absolute atomic E-state index is 11.7. The summed E-state index contributed by atoms with van der Waals surface area (Å²) in [6, 6.07) is 6.37. The van der Waals surface area contributed by atoms with Gasteiger partial charge in [0.15, 0.2) is 11.1 Å². The minimum atomic E-state index is -1.59. The van der Waals surface area contributed by atoms with Crippen LogP contribution in [0.2, 0.25) is 5.02 Å². The van der Waals surface area contributed by atoms with Crippen molar-refractivity contribution in [3.05, 3.63) is 29.3 Å². The summed E-state index contributed by atoms with van der Waals surface area (Å²) in [6.45, 7) is -0.797. The van der Waals surface area contributed by atoms with Gasteiger partial charge in [0.05, 0.1) is 11.5 Å². The zero-order chi connectivity index (χ0) is 9.68. The van der Waals surface area contributed by atoms with Crippen molar-refractivity contribution in [2.24, 2.45) is 0 Å². The molecule has 2 nitrogen and oxygen atoms in total. The second-order valence-corrected chi connectivity index (χ2v) is 3.81. The normalized spacial score (nSPS) is 12.8. The average molecular weight is 223 g/mol. The zero-order valence-corrected chi connectivity index (χ0v) is 8.28. The molecule has 0 aromatic heterocycles. The number of rotatable bonds is 4. The van der Waals surface area contributed by atoms with E-state index in [4.69, 9.17) is 11.6 Å². The number of halogens is 2. The molecule has 0 heterocycles. The summed E-state index contributed by atoms with van der Waals surface area (Å²) in [5, 5.41) is 0.561. The fraction of sp³-hybridized carbons (Fsp3) is 0.250. The molecule has 1 rings (SSSR count). The third-order valence-electron chi connectivity index (χ3n) is 1.27. The Morgan fingerprint density at radius 2 is 2.00 bits per heavy atom. The summed E-state index contributed by atoms with van der Waals surface area (Å²) in [4.78, 5) is 0.484. The quantitative estimate of drug-likeness (QED) is 0.782. The second kappa shape index (κ2) is 5.32. The van der Waals surface area contributed by atoms with Crippen LogP contribution in [0.3, 0.4) is 0 Å². The van der Waals surface area contributed by atoms with Crippen molar-refractivity contribution < 1.29 is 12.8 Å². The van der Waals surface area contributed by atoms with Crippen molar-refractivity contribution in [2.45, 2.75) is 4.90 Å². The predicted octanol–water partition coefficient (Wildman–Crippen LogP) is 2.35. The summed E-state index contributed by atoms with van der Waals surface area (Å²) in [5.74, 6) is 0. The molecule has 72 valence electrons. The van der Waals surface area contributed by atoms with E-state index in [2.05, 4.69) is 4.18 Å². The van der Waals surface area contributed by atoms with Crippen molar-refractivity contribution in [2.75, 3.05) is 13.3 Å². The van der Waals surface area contributed by atoms with Gasteiger partial charge in [0, 0.05) is 5.02 Å². The Labute approximate surface area is 83.3 Å². The van der Waals surface area contributed by atoms with Gasteiger partial charge in [-0.1, -0.05) is 11.6 Å². The maximum atomic E-state index is 11.7. The van der Waals surface area contributed by atoms with E-state index in [0.29, 0.717) is 9.92 Å². The maximum Gasteiger partial charge on any atom is 0.189 e. The van der Waals surface area contributed by atoms with Crippen LogP contribution in [0.25, 0.3) is 0 Å². The van der Waals surface area contributed by atoms with Crippen LogP contribution in [-0.4, -0.2) is 17.5 Å². The Balaban J connectivity index is 2.61. The minimum Gasteiger partial charge on any atom is -0.284 e. The van der Waals surface area contributed by atoms with E-state index >= 15 is 0 Å². The van der Waals surface area contributed by atoms with Crippen LogP contribution >= 0.6 is 11.6 Å². The average Bonchev–Trinajstić information content (AvgIpc) is 2.15. The van der Waals surface area contributed by atoms with Crippen LogP contribution < -0.4 is 0 Å². The summed E-state index contributed by atoms with van der Waals surface area (Å²) >= 11 is 4.03. The van der Waals surface area contributed by atoms with Gasteiger partial charge >= 0.3 is 0 Å². The highest BCUT2D eigenvalue weighted by Gasteiger charge is 2.03. The topological polar surface area (TPSA) is 26.3 Å². The monoisotopic (exact) mass is 222 g/mol. The van der Waals surface area contributed by atoms with E-state index in [1.54, 1.807) is 24.3 Å². The molecule has 0 amide bonds. The lowest BCUT2D eigenvalue weighted by Crippen LogP contribution is -2.00. The number of hydrogen-bond donors (Lipinski definition) is 0. The highest BCUT2D eigenvalue weighted by atomic mass is 35.5. The molecule has 0 spiro atoms. The van der Waals surface area contributed by atoms with Crippen LogP contribution in [-0.2, 0) is 15.3 Å². The Morgan fingerprint density at radius 3 is 2.54 bits per heavy atom. The van der Waals surface area contributed by atoms with Crippen molar-refractivity contribution in [3.63, 3.8) is 0 Å². The molecule has 1 unspecified atom stereocenters. The third-order valence-corrected chi connectivity index (χ3v) is 2.56. The third kappa shape index (κ3) is 3.42. The molecule has 0 aliphatic carbocycles. The van der Waals surface area contributed by atoms with Gasteiger partial charge in [-0.25, -0.2) is 8.60 Å². The molecule has 0 aliphatic heterocycles. The minimum absolute atomic E-state index is 0.158. The van der Waals surface area contributed by atoms with Gasteiger partial charge in [-0.2, -0.15) is 0 Å². The van der Waals surface area contributed by atoms with Crippen LogP contribution in [0.5, 0.6) is 0 Å². The number of alkyl halides is 1. The molecule has 0 N–H and O–H groups in total. The van der Waals surface area contributed by atoms with E-state index < -0.39 is 17.8 Å². The lowest BCUT2D eigenvalue weighted by atomic mass is 10.4. The molecule has 0 saturated carbocycles. The lowest BCUT2D eigenvalue weighted by molar-refractivity contribution is 0.295. The molecule has 1 aromatic carbocycles. The molecule has 5 heteroatoms. The molecule has 0 bridgehead atoms. The Morgan fingerprint density at radius 1 is 1.38 bits per heavy atom. The standard InChI is InChI=1S/C8H8ClFO2S/c9-7-1-3-8(4-2-7)13(11)12-6-5-10/h1-4H,5-6H2. The van der Waals surface area contributed by atoms with Crippen LogP contribution in [0.15, 0.2) is 29.2 Å². The zero-order valence-electron chi connectivity index (χ0n) is 6.70. The highest BCUT2D eigenvalue weighted by Crippen LogP contribution is 2.13. The van der Waals surface area contributed by atoms with Crippen molar-refractivity contribution in [1.82, 2.24) is 0 Å². The van der Waals surface area contributed by atoms with E-state index in [1.165, 1.54) is 0 Å². The van der Waals surface area contributed by atoms with Crippen molar-refractivity contribution in [3.8, 4) is 0 Å². The van der Waals surface area contributed by atoms with E-state index in [-0.39, 0.29) is 6.61 Å². The lowest BCUT2D eigenvalue weighted by Gasteiger charge is -2.00. The van der Waals surface area contributed by atoms with E-state index in [9.17, 15) is 8.60 Å². The summed E-state index contributed by atoms with van der Waals surface area (Å²) in [5.41, 5.74) is 0. The van der Waals surface area contributed by atoms with Crippen LogP contribution in [0.1, 0.15) is 0 Å². The van der Waals surface area contributed by atoms with Crippen LogP contribution in [0, 0.1) is 0 Å². The first-order chi connectivity index (χ1) is 6.24. The van der Waals surface area contributed by atoms with Gasteiger partial charge in [-0.05, 0) is 24.3 Å². The predicted molar refractivity (Wildman–Crippen MR) is 49.8 cm³/mol. The molecular formula is C8H8ClFO2S. The number of hydrogen-bond acceptors (Lipinski definition) is 2. The van der Waals surface area contributed by atoms with Gasteiger partial charge in [-0.15, -0.1) is 0 Å².